The summed E-state index contributed by atoms with van der Waals surface area (Å²) in [5.41, 5.74) is 1.11. The number of carbonyl (C=O) groups is 1. The number of aromatic amines is 1. The van der Waals surface area contributed by atoms with Crippen LogP contribution in [0.1, 0.15) is 24.4 Å². The van der Waals surface area contributed by atoms with Gasteiger partial charge in [-0.25, -0.2) is 0 Å². The maximum Gasteiger partial charge on any atom is 0.217 e. The molecule has 0 spiro atoms. The Hall–Kier alpha value is -2.24. The molecule has 0 aliphatic rings. The van der Waals surface area contributed by atoms with E-state index in [9.17, 15) is 4.79 Å². The van der Waals surface area contributed by atoms with Crippen LogP contribution in [0.15, 0.2) is 30.3 Å². The molecular weight excluding hydrogens is 218 g/mol. The Labute approximate surface area is 98.4 Å². The van der Waals surface area contributed by atoms with E-state index in [4.69, 9.17) is 0 Å². The molecule has 1 atom stereocenters. The van der Waals surface area contributed by atoms with Crippen molar-refractivity contribution in [1.29, 1.82) is 0 Å². The largest absolute Gasteiger partial charge is 0.346 e. The molecule has 0 fully saturated rings. The molecule has 1 amide bonds. The van der Waals surface area contributed by atoms with Gasteiger partial charge in [0.1, 0.15) is 0 Å². The van der Waals surface area contributed by atoms with Crippen LogP contribution in [0.5, 0.6) is 0 Å². The van der Waals surface area contributed by atoms with Gasteiger partial charge in [0.15, 0.2) is 5.82 Å². The highest BCUT2D eigenvalue weighted by atomic mass is 16.1. The summed E-state index contributed by atoms with van der Waals surface area (Å²) in [5.74, 6) is 0.375. The standard InChI is InChI=1S/C11H13N5O/c1-8(17)12-10(11-13-15-16-14-11)7-9-5-3-2-4-6-9/h2-6,10H,7H2,1H3,(H,12,17)(H,13,14,15,16). The normalized spacial score (nSPS) is 12.1. The van der Waals surface area contributed by atoms with Gasteiger partial charge in [-0.05, 0) is 5.56 Å². The van der Waals surface area contributed by atoms with Crippen LogP contribution >= 0.6 is 0 Å². The summed E-state index contributed by atoms with van der Waals surface area (Å²) in [7, 11) is 0. The van der Waals surface area contributed by atoms with Gasteiger partial charge in [0, 0.05) is 13.3 Å². The molecule has 2 rings (SSSR count). The van der Waals surface area contributed by atoms with E-state index in [-0.39, 0.29) is 11.9 Å². The van der Waals surface area contributed by atoms with Gasteiger partial charge in [-0.1, -0.05) is 35.5 Å². The molecule has 0 saturated carbocycles. The van der Waals surface area contributed by atoms with Crippen LogP contribution in [-0.4, -0.2) is 26.5 Å². The number of hydrogen-bond donors (Lipinski definition) is 2. The van der Waals surface area contributed by atoms with Crippen molar-refractivity contribution in [2.24, 2.45) is 0 Å². The van der Waals surface area contributed by atoms with E-state index in [1.165, 1.54) is 6.92 Å². The summed E-state index contributed by atoms with van der Waals surface area (Å²) < 4.78 is 0. The first-order valence-corrected chi connectivity index (χ1v) is 5.30. The molecular formula is C11H13N5O. The molecule has 17 heavy (non-hydrogen) atoms. The average Bonchev–Trinajstić information content (AvgIpc) is 2.82. The molecule has 1 aromatic heterocycles. The molecule has 6 nitrogen and oxygen atoms in total. The van der Waals surface area contributed by atoms with Crippen molar-refractivity contribution >= 4 is 5.91 Å². The van der Waals surface area contributed by atoms with E-state index in [0.717, 1.165) is 5.56 Å². The SMILES string of the molecule is CC(=O)NC(Cc1ccccc1)c1nn[nH]n1. The predicted molar refractivity (Wildman–Crippen MR) is 60.9 cm³/mol. The van der Waals surface area contributed by atoms with Crippen LogP contribution < -0.4 is 5.32 Å². The fourth-order valence-corrected chi connectivity index (χ4v) is 1.62. The number of benzene rings is 1. The number of hydrogen-bond acceptors (Lipinski definition) is 4. The third kappa shape index (κ3) is 3.10. The van der Waals surface area contributed by atoms with Crippen molar-refractivity contribution in [3.63, 3.8) is 0 Å². The maximum atomic E-state index is 11.1. The number of rotatable bonds is 4. The molecule has 0 saturated heterocycles. The molecule has 0 bridgehead atoms. The lowest BCUT2D eigenvalue weighted by Crippen LogP contribution is -2.28. The highest BCUT2D eigenvalue weighted by Crippen LogP contribution is 2.13. The minimum Gasteiger partial charge on any atom is -0.346 e. The van der Waals surface area contributed by atoms with Gasteiger partial charge in [0.05, 0.1) is 6.04 Å². The van der Waals surface area contributed by atoms with Crippen molar-refractivity contribution in [2.75, 3.05) is 0 Å². The van der Waals surface area contributed by atoms with Crippen LogP contribution in [-0.2, 0) is 11.2 Å². The van der Waals surface area contributed by atoms with Crippen molar-refractivity contribution < 1.29 is 4.79 Å². The van der Waals surface area contributed by atoms with Gasteiger partial charge in [-0.2, -0.15) is 5.21 Å². The predicted octanol–water partition coefficient (Wildman–Crippen LogP) is 0.620. The number of nitrogens with one attached hydrogen (secondary N) is 2. The second-order valence-electron chi connectivity index (χ2n) is 3.71. The van der Waals surface area contributed by atoms with Gasteiger partial charge in [0.25, 0.3) is 0 Å². The monoisotopic (exact) mass is 231 g/mol. The Morgan fingerprint density at radius 2 is 2.18 bits per heavy atom. The Kier molecular flexibility index (Phi) is 3.44. The van der Waals surface area contributed by atoms with E-state index in [1.807, 2.05) is 30.3 Å². The fourth-order valence-electron chi connectivity index (χ4n) is 1.62. The molecule has 1 unspecified atom stereocenters. The smallest absolute Gasteiger partial charge is 0.217 e. The molecule has 2 N–H and O–H groups in total. The second-order valence-corrected chi connectivity index (χ2v) is 3.71. The van der Waals surface area contributed by atoms with Crippen LogP contribution in [0, 0.1) is 0 Å². The second kappa shape index (κ2) is 5.20. The van der Waals surface area contributed by atoms with Crippen molar-refractivity contribution in [3.05, 3.63) is 41.7 Å². The molecule has 6 heteroatoms. The molecule has 1 heterocycles. The summed E-state index contributed by atoms with van der Waals surface area (Å²) in [6.45, 7) is 1.47. The zero-order chi connectivity index (χ0) is 12.1. The van der Waals surface area contributed by atoms with E-state index >= 15 is 0 Å². The Morgan fingerprint density at radius 3 is 2.76 bits per heavy atom. The van der Waals surface area contributed by atoms with Crippen molar-refractivity contribution in [3.8, 4) is 0 Å². The zero-order valence-corrected chi connectivity index (χ0v) is 9.42. The molecule has 0 aliphatic heterocycles. The Morgan fingerprint density at radius 1 is 1.41 bits per heavy atom. The van der Waals surface area contributed by atoms with Gasteiger partial charge < -0.3 is 5.32 Å². The van der Waals surface area contributed by atoms with Gasteiger partial charge in [-0.15, -0.1) is 10.2 Å². The summed E-state index contributed by atoms with van der Waals surface area (Å²) in [5, 5.41) is 16.5. The highest BCUT2D eigenvalue weighted by Gasteiger charge is 2.17. The van der Waals surface area contributed by atoms with E-state index in [2.05, 4.69) is 25.9 Å². The third-order valence-electron chi connectivity index (χ3n) is 2.33. The number of amides is 1. The first kappa shape index (κ1) is 11.3. The summed E-state index contributed by atoms with van der Waals surface area (Å²) in [6.07, 6.45) is 0.639. The number of aromatic nitrogens is 4. The van der Waals surface area contributed by atoms with E-state index in [1.54, 1.807) is 0 Å². The van der Waals surface area contributed by atoms with Crippen LogP contribution in [0.25, 0.3) is 0 Å². The van der Waals surface area contributed by atoms with Gasteiger partial charge in [-0.3, -0.25) is 4.79 Å². The Bertz CT molecular complexity index is 468. The van der Waals surface area contributed by atoms with E-state index < -0.39 is 0 Å². The average molecular weight is 231 g/mol. The van der Waals surface area contributed by atoms with Gasteiger partial charge in [0.2, 0.25) is 5.91 Å². The number of nitrogens with zero attached hydrogens (tertiary/aromatic N) is 3. The minimum absolute atomic E-state index is 0.115. The molecule has 0 radical (unpaired) electrons. The molecule has 2 aromatic rings. The summed E-state index contributed by atoms with van der Waals surface area (Å²) in [4.78, 5) is 11.1. The van der Waals surface area contributed by atoms with Gasteiger partial charge >= 0.3 is 0 Å². The maximum absolute atomic E-state index is 11.1. The molecule has 1 aromatic carbocycles. The first-order chi connectivity index (χ1) is 8.25. The highest BCUT2D eigenvalue weighted by molar-refractivity contribution is 5.73. The minimum atomic E-state index is -0.256. The summed E-state index contributed by atoms with van der Waals surface area (Å²) >= 11 is 0. The number of carbonyl (C=O) groups excluding carboxylic acids is 1. The molecule has 88 valence electrons. The topological polar surface area (TPSA) is 83.6 Å². The van der Waals surface area contributed by atoms with E-state index in [0.29, 0.717) is 12.2 Å². The number of H-pyrrole nitrogens is 1. The first-order valence-electron chi connectivity index (χ1n) is 5.30. The molecule has 0 aliphatic carbocycles. The van der Waals surface area contributed by atoms with Crippen molar-refractivity contribution in [2.45, 2.75) is 19.4 Å². The fraction of sp³-hybridized carbons (Fsp3) is 0.273. The lowest BCUT2D eigenvalue weighted by molar-refractivity contribution is -0.119. The number of tetrazole rings is 1. The van der Waals surface area contributed by atoms with Crippen LogP contribution in [0.3, 0.4) is 0 Å². The quantitative estimate of drug-likeness (QED) is 0.808. The third-order valence-corrected chi connectivity index (χ3v) is 2.33. The zero-order valence-electron chi connectivity index (χ0n) is 9.42. The lowest BCUT2D eigenvalue weighted by Gasteiger charge is -2.13. The Balaban J connectivity index is 2.14. The van der Waals surface area contributed by atoms with Crippen LogP contribution in [0.4, 0.5) is 0 Å². The van der Waals surface area contributed by atoms with Crippen LogP contribution in [0.2, 0.25) is 0 Å². The lowest BCUT2D eigenvalue weighted by atomic mass is 10.1. The summed E-state index contributed by atoms with van der Waals surface area (Å²) in [6, 6.07) is 9.59. The van der Waals surface area contributed by atoms with Crippen molar-refractivity contribution in [1.82, 2.24) is 25.9 Å².